The van der Waals surface area contributed by atoms with Crippen LogP contribution in [0.25, 0.3) is 0 Å². The molecule has 1 saturated heterocycles. The third-order valence-electron chi connectivity index (χ3n) is 6.08. The summed E-state index contributed by atoms with van der Waals surface area (Å²) in [4.78, 5) is 24.9. The maximum atomic E-state index is 13.3. The zero-order chi connectivity index (χ0) is 22.6. The Balaban J connectivity index is 1.77. The molecule has 1 amide bonds. The minimum absolute atomic E-state index is 0.0598. The predicted octanol–water partition coefficient (Wildman–Crippen LogP) is 2.86. The largest absolute Gasteiger partial charge is 0.495 e. The van der Waals surface area contributed by atoms with Crippen LogP contribution in [0, 0.1) is 0 Å². The SMILES string of the molecule is COc1ccc(C(=O)O[C@@H](C)C(=O)NC2CCCC2)cc1S(=O)(=O)N1CCCC[C@@H]1C. The third kappa shape index (κ3) is 5.38. The number of amides is 1. The van der Waals surface area contributed by atoms with Crippen LogP contribution in [0.3, 0.4) is 0 Å². The molecule has 1 aromatic rings. The van der Waals surface area contributed by atoms with Crippen molar-refractivity contribution in [3.05, 3.63) is 23.8 Å². The van der Waals surface area contributed by atoms with Gasteiger partial charge in [0.25, 0.3) is 5.91 Å². The number of hydrogen-bond acceptors (Lipinski definition) is 6. The highest BCUT2D eigenvalue weighted by Crippen LogP contribution is 2.32. The van der Waals surface area contributed by atoms with Gasteiger partial charge in [0.15, 0.2) is 6.10 Å². The zero-order valence-corrected chi connectivity index (χ0v) is 19.2. The molecule has 1 aliphatic carbocycles. The molecular formula is C22H32N2O6S. The van der Waals surface area contributed by atoms with E-state index in [1.165, 1.54) is 36.5 Å². The zero-order valence-electron chi connectivity index (χ0n) is 18.4. The maximum Gasteiger partial charge on any atom is 0.338 e. The van der Waals surface area contributed by atoms with Gasteiger partial charge in [-0.3, -0.25) is 4.79 Å². The molecule has 9 heteroatoms. The average molecular weight is 453 g/mol. The van der Waals surface area contributed by atoms with Crippen molar-refractivity contribution in [3.63, 3.8) is 0 Å². The molecule has 2 atom stereocenters. The number of methoxy groups -OCH3 is 1. The van der Waals surface area contributed by atoms with E-state index in [1.54, 1.807) is 0 Å². The smallest absolute Gasteiger partial charge is 0.338 e. The standard InChI is InChI=1S/C22H32N2O6S/c1-15-8-6-7-13-24(15)31(27,28)20-14-17(11-12-19(20)29-3)22(26)30-16(2)21(25)23-18-9-4-5-10-18/h11-12,14-16,18H,4-10,13H2,1-3H3,(H,23,25)/t15-,16-/m0/s1. The van der Waals surface area contributed by atoms with E-state index in [1.807, 2.05) is 6.92 Å². The molecule has 2 fully saturated rings. The van der Waals surface area contributed by atoms with E-state index in [0.29, 0.717) is 6.54 Å². The Labute approximate surface area is 184 Å². The average Bonchev–Trinajstić information content (AvgIpc) is 3.26. The molecule has 1 aliphatic heterocycles. The third-order valence-corrected chi connectivity index (χ3v) is 8.12. The lowest BCUT2D eigenvalue weighted by Gasteiger charge is -2.32. The fraction of sp³-hybridized carbons (Fsp3) is 0.636. The van der Waals surface area contributed by atoms with Gasteiger partial charge in [-0.25, -0.2) is 13.2 Å². The summed E-state index contributed by atoms with van der Waals surface area (Å²) in [5, 5.41) is 2.90. The van der Waals surface area contributed by atoms with Gasteiger partial charge < -0.3 is 14.8 Å². The number of sulfonamides is 1. The van der Waals surface area contributed by atoms with Crippen LogP contribution in [0.2, 0.25) is 0 Å². The van der Waals surface area contributed by atoms with E-state index in [0.717, 1.165) is 44.9 Å². The second kappa shape index (κ2) is 9.99. The Morgan fingerprint density at radius 2 is 1.81 bits per heavy atom. The van der Waals surface area contributed by atoms with Crippen molar-refractivity contribution < 1.29 is 27.5 Å². The first-order chi connectivity index (χ1) is 14.7. The number of carbonyl (C=O) groups excluding carboxylic acids is 2. The summed E-state index contributed by atoms with van der Waals surface area (Å²) in [6.45, 7) is 3.82. The quantitative estimate of drug-likeness (QED) is 0.639. The lowest BCUT2D eigenvalue weighted by molar-refractivity contribution is -0.129. The van der Waals surface area contributed by atoms with Crippen LogP contribution >= 0.6 is 0 Å². The first-order valence-electron chi connectivity index (χ1n) is 10.9. The topological polar surface area (TPSA) is 102 Å². The Morgan fingerprint density at radius 3 is 2.45 bits per heavy atom. The summed E-state index contributed by atoms with van der Waals surface area (Å²) < 4.78 is 38.7. The van der Waals surface area contributed by atoms with Crippen molar-refractivity contribution >= 4 is 21.9 Å². The van der Waals surface area contributed by atoms with E-state index in [2.05, 4.69) is 5.32 Å². The molecule has 1 aromatic carbocycles. The van der Waals surface area contributed by atoms with Gasteiger partial charge in [-0.15, -0.1) is 0 Å². The fourth-order valence-corrected chi connectivity index (χ4v) is 6.11. The number of esters is 1. The maximum absolute atomic E-state index is 13.3. The fourth-order valence-electron chi connectivity index (χ4n) is 4.23. The molecule has 0 bridgehead atoms. The van der Waals surface area contributed by atoms with E-state index in [4.69, 9.17) is 9.47 Å². The summed E-state index contributed by atoms with van der Waals surface area (Å²) in [7, 11) is -2.46. The lowest BCUT2D eigenvalue weighted by Crippen LogP contribution is -2.42. The number of benzene rings is 1. The van der Waals surface area contributed by atoms with Crippen LogP contribution in [-0.2, 0) is 19.6 Å². The molecule has 0 aromatic heterocycles. The highest BCUT2D eigenvalue weighted by molar-refractivity contribution is 7.89. The molecule has 2 aliphatic rings. The van der Waals surface area contributed by atoms with Crippen LogP contribution in [0.15, 0.2) is 23.1 Å². The van der Waals surface area contributed by atoms with Gasteiger partial charge in [-0.1, -0.05) is 19.3 Å². The highest BCUT2D eigenvalue weighted by Gasteiger charge is 2.34. The molecule has 1 saturated carbocycles. The normalized spacial score (nSPS) is 21.5. The van der Waals surface area contributed by atoms with Crippen LogP contribution in [0.1, 0.15) is 69.2 Å². The summed E-state index contributed by atoms with van der Waals surface area (Å²) >= 11 is 0. The molecule has 8 nitrogen and oxygen atoms in total. The van der Waals surface area contributed by atoms with Gasteiger partial charge in [0, 0.05) is 18.6 Å². The summed E-state index contributed by atoms with van der Waals surface area (Å²) in [5.74, 6) is -0.926. The van der Waals surface area contributed by atoms with E-state index in [-0.39, 0.29) is 34.2 Å². The molecule has 172 valence electrons. The number of piperidine rings is 1. The number of hydrogen-bond donors (Lipinski definition) is 1. The van der Waals surface area contributed by atoms with Crippen LogP contribution in [0.5, 0.6) is 5.75 Å². The highest BCUT2D eigenvalue weighted by atomic mass is 32.2. The lowest BCUT2D eigenvalue weighted by atomic mass is 10.1. The Bertz CT molecular complexity index is 911. The van der Waals surface area contributed by atoms with Crippen molar-refractivity contribution in [1.82, 2.24) is 9.62 Å². The molecule has 1 N–H and O–H groups in total. The van der Waals surface area contributed by atoms with Gasteiger partial charge >= 0.3 is 5.97 Å². The molecule has 31 heavy (non-hydrogen) atoms. The molecule has 3 rings (SSSR count). The second-order valence-corrected chi connectivity index (χ2v) is 10.2. The minimum Gasteiger partial charge on any atom is -0.495 e. The predicted molar refractivity (Wildman–Crippen MR) is 115 cm³/mol. The summed E-state index contributed by atoms with van der Waals surface area (Å²) in [6.07, 6.45) is 5.62. The van der Waals surface area contributed by atoms with Crippen LogP contribution in [0.4, 0.5) is 0 Å². The van der Waals surface area contributed by atoms with Crippen LogP contribution in [-0.4, -0.2) is 56.4 Å². The van der Waals surface area contributed by atoms with Crippen molar-refractivity contribution in [2.75, 3.05) is 13.7 Å². The number of rotatable bonds is 7. The minimum atomic E-state index is -3.85. The van der Waals surface area contributed by atoms with Crippen molar-refractivity contribution in [2.24, 2.45) is 0 Å². The van der Waals surface area contributed by atoms with Gasteiger partial charge in [0.05, 0.1) is 12.7 Å². The van der Waals surface area contributed by atoms with Gasteiger partial charge in [0.2, 0.25) is 10.0 Å². The van der Waals surface area contributed by atoms with Crippen LogP contribution < -0.4 is 10.1 Å². The van der Waals surface area contributed by atoms with E-state index >= 15 is 0 Å². The van der Waals surface area contributed by atoms with Gasteiger partial charge in [0.1, 0.15) is 10.6 Å². The first-order valence-corrected chi connectivity index (χ1v) is 12.4. The molecule has 0 radical (unpaired) electrons. The first kappa shape index (κ1) is 23.5. The van der Waals surface area contributed by atoms with E-state index < -0.39 is 22.1 Å². The monoisotopic (exact) mass is 452 g/mol. The number of nitrogens with one attached hydrogen (secondary N) is 1. The number of carbonyl (C=O) groups is 2. The Kier molecular flexibility index (Phi) is 7.59. The molecule has 0 unspecified atom stereocenters. The Hall–Kier alpha value is -2.13. The number of nitrogens with zero attached hydrogens (tertiary/aromatic N) is 1. The molecular weight excluding hydrogens is 420 g/mol. The van der Waals surface area contributed by atoms with Crippen molar-refractivity contribution in [3.8, 4) is 5.75 Å². The summed E-state index contributed by atoms with van der Waals surface area (Å²) in [6, 6.07) is 4.17. The van der Waals surface area contributed by atoms with Gasteiger partial charge in [-0.05, 0) is 57.7 Å². The molecule has 0 spiro atoms. The van der Waals surface area contributed by atoms with E-state index in [9.17, 15) is 18.0 Å². The van der Waals surface area contributed by atoms with Crippen molar-refractivity contribution in [2.45, 2.75) is 81.9 Å². The van der Waals surface area contributed by atoms with Gasteiger partial charge in [-0.2, -0.15) is 4.31 Å². The van der Waals surface area contributed by atoms with Crippen molar-refractivity contribution in [1.29, 1.82) is 0 Å². The Morgan fingerprint density at radius 1 is 1.13 bits per heavy atom. The number of ether oxygens (including phenoxy) is 2. The summed E-state index contributed by atoms with van der Waals surface area (Å²) in [5.41, 5.74) is 0.0598. The second-order valence-electron chi connectivity index (χ2n) is 8.36. The molecule has 1 heterocycles.